The maximum atomic E-state index is 12.6. The number of hydrogen-bond acceptors (Lipinski definition) is 4. The number of benzene rings is 1. The number of rotatable bonds is 4. The fourth-order valence-electron chi connectivity index (χ4n) is 2.68. The van der Waals surface area contributed by atoms with Crippen LogP contribution in [0.15, 0.2) is 23.3 Å². The van der Waals surface area contributed by atoms with Gasteiger partial charge in [-0.15, -0.1) is 0 Å². The molecule has 7 nitrogen and oxygen atoms in total. The van der Waals surface area contributed by atoms with Gasteiger partial charge in [0.2, 0.25) is 11.8 Å². The fraction of sp³-hybridized carbons (Fsp3) is 0.500. The molecular formula is C20H28N4O3. The summed E-state index contributed by atoms with van der Waals surface area (Å²) in [6.07, 6.45) is 0.446. The van der Waals surface area contributed by atoms with Crippen molar-refractivity contribution in [3.8, 4) is 0 Å². The number of carbonyl (C=O) groups excluding carboxylic acids is 3. The molecule has 0 saturated heterocycles. The molecular weight excluding hydrogens is 344 g/mol. The highest BCUT2D eigenvalue weighted by atomic mass is 16.2. The lowest BCUT2D eigenvalue weighted by molar-refractivity contribution is -0.127. The molecule has 0 aliphatic carbocycles. The van der Waals surface area contributed by atoms with E-state index < -0.39 is 11.9 Å². The number of hydrogen-bond donors (Lipinski definition) is 2. The van der Waals surface area contributed by atoms with Gasteiger partial charge < -0.3 is 10.6 Å². The monoisotopic (exact) mass is 372 g/mol. The van der Waals surface area contributed by atoms with E-state index in [2.05, 4.69) is 15.7 Å². The summed E-state index contributed by atoms with van der Waals surface area (Å²) in [5.41, 5.74) is 2.43. The Morgan fingerprint density at radius 3 is 2.48 bits per heavy atom. The molecule has 1 aromatic carbocycles. The minimum atomic E-state index is -0.703. The van der Waals surface area contributed by atoms with Crippen molar-refractivity contribution in [3.05, 3.63) is 29.3 Å². The van der Waals surface area contributed by atoms with Gasteiger partial charge in [0.25, 0.3) is 5.91 Å². The first-order chi connectivity index (χ1) is 12.5. The van der Waals surface area contributed by atoms with Gasteiger partial charge in [0, 0.05) is 18.4 Å². The number of hydrazone groups is 1. The quantitative estimate of drug-likeness (QED) is 0.849. The zero-order chi connectivity index (χ0) is 20.4. The molecule has 0 bridgehead atoms. The van der Waals surface area contributed by atoms with Crippen LogP contribution in [0.4, 0.5) is 5.69 Å². The number of nitrogens with zero attached hydrogens (tertiary/aromatic N) is 2. The summed E-state index contributed by atoms with van der Waals surface area (Å²) in [4.78, 5) is 37.1. The summed E-state index contributed by atoms with van der Waals surface area (Å²) in [5, 5.41) is 11.1. The third-order valence-corrected chi connectivity index (χ3v) is 4.13. The van der Waals surface area contributed by atoms with Gasteiger partial charge in [-0.2, -0.15) is 5.10 Å². The molecule has 7 heteroatoms. The van der Waals surface area contributed by atoms with Crippen molar-refractivity contribution in [2.75, 3.05) is 5.01 Å². The molecule has 1 aromatic rings. The number of anilines is 1. The molecule has 146 valence electrons. The topological polar surface area (TPSA) is 90.9 Å². The molecule has 2 N–H and O–H groups in total. The lowest BCUT2D eigenvalue weighted by Gasteiger charge is -2.26. The van der Waals surface area contributed by atoms with Crippen molar-refractivity contribution in [3.63, 3.8) is 0 Å². The minimum absolute atomic E-state index is 0.154. The van der Waals surface area contributed by atoms with Crippen LogP contribution < -0.4 is 15.6 Å². The predicted octanol–water partition coefficient (Wildman–Crippen LogP) is 2.21. The largest absolute Gasteiger partial charge is 0.350 e. The van der Waals surface area contributed by atoms with Gasteiger partial charge in [0.05, 0.1) is 5.69 Å². The minimum Gasteiger partial charge on any atom is -0.350 e. The highest BCUT2D eigenvalue weighted by Gasteiger charge is 2.28. The molecule has 27 heavy (non-hydrogen) atoms. The third kappa shape index (κ3) is 5.39. The van der Waals surface area contributed by atoms with E-state index in [1.54, 1.807) is 6.92 Å². The Balaban J connectivity index is 2.17. The number of aryl methyl sites for hydroxylation is 2. The second-order valence-electron chi connectivity index (χ2n) is 7.98. The van der Waals surface area contributed by atoms with Crippen molar-refractivity contribution in [2.24, 2.45) is 5.10 Å². The molecule has 2 rings (SSSR count). The first-order valence-electron chi connectivity index (χ1n) is 9.08. The Labute approximate surface area is 160 Å². The molecule has 0 spiro atoms. The Kier molecular flexibility index (Phi) is 6.03. The molecule has 1 aliphatic heterocycles. The van der Waals surface area contributed by atoms with Gasteiger partial charge >= 0.3 is 0 Å². The van der Waals surface area contributed by atoms with E-state index >= 15 is 0 Å². The molecule has 0 unspecified atom stereocenters. The van der Waals surface area contributed by atoms with E-state index in [0.29, 0.717) is 5.69 Å². The molecule has 0 saturated carbocycles. The van der Waals surface area contributed by atoms with Crippen LogP contribution in [0, 0.1) is 13.8 Å². The van der Waals surface area contributed by atoms with Gasteiger partial charge in [-0.1, -0.05) is 12.1 Å². The highest BCUT2D eigenvalue weighted by molar-refractivity contribution is 6.40. The van der Waals surface area contributed by atoms with Crippen LogP contribution in [0.25, 0.3) is 0 Å². The molecule has 1 aliphatic rings. The molecule has 0 fully saturated rings. The van der Waals surface area contributed by atoms with Crippen LogP contribution in [-0.2, 0) is 14.4 Å². The van der Waals surface area contributed by atoms with Crippen LogP contribution in [0.2, 0.25) is 0 Å². The summed E-state index contributed by atoms with van der Waals surface area (Å²) in [5.74, 6) is -0.858. The SMILES string of the molecule is Cc1ccc(C)c(N2N=C(C(=O)N[C@@H](C)C(=O)NC(C)(C)C)CCC2=O)c1. The van der Waals surface area contributed by atoms with E-state index in [0.717, 1.165) is 11.1 Å². The van der Waals surface area contributed by atoms with Crippen molar-refractivity contribution < 1.29 is 14.4 Å². The van der Waals surface area contributed by atoms with Gasteiger partial charge in [-0.25, -0.2) is 5.01 Å². The zero-order valence-electron chi connectivity index (χ0n) is 16.8. The second kappa shape index (κ2) is 7.90. The maximum Gasteiger partial charge on any atom is 0.268 e. The van der Waals surface area contributed by atoms with Crippen molar-refractivity contribution >= 4 is 29.1 Å². The average Bonchev–Trinajstić information content (AvgIpc) is 2.56. The molecule has 0 radical (unpaired) electrons. The van der Waals surface area contributed by atoms with E-state index in [1.165, 1.54) is 5.01 Å². The smallest absolute Gasteiger partial charge is 0.268 e. The molecule has 3 amide bonds. The van der Waals surface area contributed by atoms with Crippen LogP contribution in [0.5, 0.6) is 0 Å². The summed E-state index contributed by atoms with van der Waals surface area (Å²) in [6, 6.07) is 5.05. The Hall–Kier alpha value is -2.70. The fourth-order valence-corrected chi connectivity index (χ4v) is 2.68. The van der Waals surface area contributed by atoms with E-state index in [-0.39, 0.29) is 35.9 Å². The van der Waals surface area contributed by atoms with Gasteiger partial charge in [-0.3, -0.25) is 14.4 Å². The number of nitrogens with one attached hydrogen (secondary N) is 2. The number of amides is 3. The highest BCUT2D eigenvalue weighted by Crippen LogP contribution is 2.25. The van der Waals surface area contributed by atoms with Crippen molar-refractivity contribution in [1.82, 2.24) is 10.6 Å². The van der Waals surface area contributed by atoms with Crippen LogP contribution in [0.1, 0.15) is 51.7 Å². The second-order valence-corrected chi connectivity index (χ2v) is 7.98. The first-order valence-corrected chi connectivity index (χ1v) is 9.08. The summed E-state index contributed by atoms with van der Waals surface area (Å²) < 4.78 is 0. The van der Waals surface area contributed by atoms with Crippen LogP contribution >= 0.6 is 0 Å². The van der Waals surface area contributed by atoms with Crippen molar-refractivity contribution in [1.29, 1.82) is 0 Å². The van der Waals surface area contributed by atoms with E-state index in [9.17, 15) is 14.4 Å². The predicted molar refractivity (Wildman–Crippen MR) is 106 cm³/mol. The maximum absolute atomic E-state index is 12.6. The Morgan fingerprint density at radius 2 is 1.85 bits per heavy atom. The lowest BCUT2D eigenvalue weighted by Crippen LogP contribution is -2.52. The van der Waals surface area contributed by atoms with Crippen LogP contribution in [0.3, 0.4) is 0 Å². The van der Waals surface area contributed by atoms with Crippen LogP contribution in [-0.4, -0.2) is 35.0 Å². The summed E-state index contributed by atoms with van der Waals surface area (Å²) in [7, 11) is 0. The standard InChI is InChI=1S/C20H28N4O3/c1-12-7-8-13(2)16(11-12)24-17(25)10-9-15(23-24)19(27)21-14(3)18(26)22-20(4,5)6/h7-8,11,14H,9-10H2,1-6H3,(H,21,27)(H,22,26)/t14-/m0/s1. The summed E-state index contributed by atoms with van der Waals surface area (Å²) >= 11 is 0. The molecule has 0 aromatic heterocycles. The third-order valence-electron chi connectivity index (χ3n) is 4.13. The Bertz CT molecular complexity index is 793. The van der Waals surface area contributed by atoms with Gasteiger partial charge in [-0.05, 0) is 58.7 Å². The van der Waals surface area contributed by atoms with Gasteiger partial charge in [0.1, 0.15) is 11.8 Å². The summed E-state index contributed by atoms with van der Waals surface area (Å²) in [6.45, 7) is 11.1. The molecule has 1 heterocycles. The zero-order valence-corrected chi connectivity index (χ0v) is 16.8. The lowest BCUT2D eigenvalue weighted by atomic mass is 10.1. The Morgan fingerprint density at radius 1 is 1.19 bits per heavy atom. The average molecular weight is 372 g/mol. The number of carbonyl (C=O) groups is 3. The molecule has 1 atom stereocenters. The van der Waals surface area contributed by atoms with E-state index in [4.69, 9.17) is 0 Å². The van der Waals surface area contributed by atoms with Gasteiger partial charge in [0.15, 0.2) is 0 Å². The van der Waals surface area contributed by atoms with Crippen molar-refractivity contribution in [2.45, 2.75) is 66.0 Å². The normalized spacial score (nSPS) is 15.9. The van der Waals surface area contributed by atoms with E-state index in [1.807, 2.05) is 52.8 Å². The first kappa shape index (κ1) is 20.6.